The van der Waals surface area contributed by atoms with Crippen molar-refractivity contribution in [2.45, 2.75) is 17.7 Å². The van der Waals surface area contributed by atoms with Crippen molar-refractivity contribution in [3.63, 3.8) is 0 Å². The van der Waals surface area contributed by atoms with Gasteiger partial charge in [-0.15, -0.1) is 12.4 Å². The van der Waals surface area contributed by atoms with E-state index in [0.717, 1.165) is 6.54 Å². The van der Waals surface area contributed by atoms with Gasteiger partial charge in [0.05, 0.1) is 11.4 Å². The summed E-state index contributed by atoms with van der Waals surface area (Å²) in [7, 11) is -2.14. The van der Waals surface area contributed by atoms with E-state index in [1.807, 2.05) is 0 Å². The molecule has 1 aliphatic rings. The number of carbonyl (C=O) groups is 1. The monoisotopic (exact) mass is 333 g/mol. The van der Waals surface area contributed by atoms with Crippen molar-refractivity contribution in [2.24, 2.45) is 5.92 Å². The number of benzene rings is 1. The SMILES string of the molecule is CNS(=O)(=O)c1cccc(NC(=O)CNCC2CC2)c1.Cl. The molecule has 1 amide bonds. The first kappa shape index (κ1) is 17.9. The van der Waals surface area contributed by atoms with Crippen LogP contribution in [-0.2, 0) is 14.8 Å². The van der Waals surface area contributed by atoms with Crippen molar-refractivity contribution in [3.8, 4) is 0 Å². The van der Waals surface area contributed by atoms with Crippen LogP contribution < -0.4 is 15.4 Å². The lowest BCUT2D eigenvalue weighted by atomic mass is 10.3. The highest BCUT2D eigenvalue weighted by molar-refractivity contribution is 7.89. The fraction of sp³-hybridized carbons (Fsp3) is 0.462. The van der Waals surface area contributed by atoms with Crippen molar-refractivity contribution >= 4 is 34.0 Å². The Labute approximate surface area is 131 Å². The molecule has 0 radical (unpaired) electrons. The van der Waals surface area contributed by atoms with Gasteiger partial charge in [0.1, 0.15) is 0 Å². The predicted molar refractivity (Wildman–Crippen MR) is 84.2 cm³/mol. The summed E-state index contributed by atoms with van der Waals surface area (Å²) in [6, 6.07) is 6.17. The highest BCUT2D eigenvalue weighted by Crippen LogP contribution is 2.27. The van der Waals surface area contributed by atoms with Crippen LogP contribution in [0.1, 0.15) is 12.8 Å². The predicted octanol–water partition coefficient (Wildman–Crippen LogP) is 0.955. The van der Waals surface area contributed by atoms with Crippen LogP contribution in [0.3, 0.4) is 0 Å². The molecular weight excluding hydrogens is 314 g/mol. The summed E-state index contributed by atoms with van der Waals surface area (Å²) in [5.74, 6) is 0.538. The molecule has 118 valence electrons. The molecule has 21 heavy (non-hydrogen) atoms. The van der Waals surface area contributed by atoms with Crippen molar-refractivity contribution in [3.05, 3.63) is 24.3 Å². The molecule has 1 aliphatic carbocycles. The van der Waals surface area contributed by atoms with Crippen LogP contribution in [0.15, 0.2) is 29.2 Å². The summed E-state index contributed by atoms with van der Waals surface area (Å²) in [5.41, 5.74) is 0.472. The summed E-state index contributed by atoms with van der Waals surface area (Å²) in [6.45, 7) is 1.10. The van der Waals surface area contributed by atoms with Gasteiger partial charge in [0, 0.05) is 5.69 Å². The number of carbonyl (C=O) groups excluding carboxylic acids is 1. The lowest BCUT2D eigenvalue weighted by Crippen LogP contribution is -2.29. The van der Waals surface area contributed by atoms with Crippen LogP contribution in [-0.4, -0.2) is 34.5 Å². The zero-order valence-electron chi connectivity index (χ0n) is 11.8. The van der Waals surface area contributed by atoms with Crippen LogP contribution in [0, 0.1) is 5.92 Å². The van der Waals surface area contributed by atoms with Crippen molar-refractivity contribution < 1.29 is 13.2 Å². The van der Waals surface area contributed by atoms with Gasteiger partial charge in [-0.05, 0) is 50.6 Å². The molecule has 6 nitrogen and oxygen atoms in total. The Bertz CT molecular complexity index is 588. The molecule has 0 spiro atoms. The first-order valence-corrected chi connectivity index (χ1v) is 8.04. The Morgan fingerprint density at radius 3 is 2.67 bits per heavy atom. The number of anilines is 1. The zero-order chi connectivity index (χ0) is 14.6. The molecule has 1 saturated carbocycles. The standard InChI is InChI=1S/C13H19N3O3S.ClH/c1-14-20(18,19)12-4-2-3-11(7-12)16-13(17)9-15-8-10-5-6-10;/h2-4,7,10,14-15H,5-6,8-9H2,1H3,(H,16,17);1H. The Hall–Kier alpha value is -1.15. The zero-order valence-corrected chi connectivity index (χ0v) is 13.4. The Kier molecular flexibility index (Phi) is 6.60. The first-order valence-electron chi connectivity index (χ1n) is 6.55. The maximum Gasteiger partial charge on any atom is 0.240 e. The van der Waals surface area contributed by atoms with E-state index in [9.17, 15) is 13.2 Å². The van der Waals surface area contributed by atoms with Gasteiger partial charge >= 0.3 is 0 Å². The molecule has 0 aliphatic heterocycles. The average Bonchev–Trinajstić information content (AvgIpc) is 3.23. The molecule has 1 fully saturated rings. The normalized spacial score (nSPS) is 14.3. The minimum Gasteiger partial charge on any atom is -0.325 e. The highest BCUT2D eigenvalue weighted by Gasteiger charge is 2.20. The fourth-order valence-corrected chi connectivity index (χ4v) is 2.55. The molecular formula is C13H20ClN3O3S. The number of hydrogen-bond donors (Lipinski definition) is 3. The molecule has 0 aromatic heterocycles. The van der Waals surface area contributed by atoms with Crippen molar-refractivity contribution in [1.29, 1.82) is 0 Å². The third kappa shape index (κ3) is 5.62. The van der Waals surface area contributed by atoms with Crippen molar-refractivity contribution in [2.75, 3.05) is 25.5 Å². The number of hydrogen-bond acceptors (Lipinski definition) is 4. The lowest BCUT2D eigenvalue weighted by molar-refractivity contribution is -0.115. The molecule has 3 N–H and O–H groups in total. The molecule has 1 aromatic carbocycles. The van der Waals surface area contributed by atoms with Crippen LogP contribution in [0.4, 0.5) is 5.69 Å². The third-order valence-electron chi connectivity index (χ3n) is 3.11. The quantitative estimate of drug-likeness (QED) is 0.693. The summed E-state index contributed by atoms with van der Waals surface area (Å²) in [5, 5.41) is 5.76. The summed E-state index contributed by atoms with van der Waals surface area (Å²) >= 11 is 0. The maximum absolute atomic E-state index is 11.7. The Morgan fingerprint density at radius 1 is 1.33 bits per heavy atom. The molecule has 0 atom stereocenters. The van der Waals surface area contributed by atoms with Gasteiger partial charge in [-0.25, -0.2) is 13.1 Å². The second-order valence-electron chi connectivity index (χ2n) is 4.86. The van der Waals surface area contributed by atoms with Gasteiger partial charge in [-0.2, -0.15) is 0 Å². The Balaban J connectivity index is 0.00000220. The van der Waals surface area contributed by atoms with Crippen LogP contribution in [0.25, 0.3) is 0 Å². The highest BCUT2D eigenvalue weighted by atomic mass is 35.5. The van der Waals surface area contributed by atoms with E-state index in [-0.39, 0.29) is 29.8 Å². The number of amides is 1. The van der Waals surface area contributed by atoms with Gasteiger partial charge in [-0.1, -0.05) is 6.07 Å². The topological polar surface area (TPSA) is 87.3 Å². The van der Waals surface area contributed by atoms with Crippen LogP contribution in [0.5, 0.6) is 0 Å². The molecule has 2 rings (SSSR count). The van der Waals surface area contributed by atoms with Gasteiger partial charge in [0.25, 0.3) is 0 Å². The van der Waals surface area contributed by atoms with Gasteiger partial charge in [0.15, 0.2) is 0 Å². The summed E-state index contributed by atoms with van der Waals surface area (Å²) in [4.78, 5) is 11.8. The minimum atomic E-state index is -3.49. The van der Waals surface area contributed by atoms with Gasteiger partial charge in [-0.3, -0.25) is 4.79 Å². The van der Waals surface area contributed by atoms with Gasteiger partial charge < -0.3 is 10.6 Å². The van der Waals surface area contributed by atoms with E-state index in [1.165, 1.54) is 32.0 Å². The molecule has 0 unspecified atom stereocenters. The molecule has 0 saturated heterocycles. The molecule has 0 heterocycles. The second-order valence-corrected chi connectivity index (χ2v) is 6.74. The van der Waals surface area contributed by atoms with E-state index in [4.69, 9.17) is 0 Å². The molecule has 8 heteroatoms. The maximum atomic E-state index is 11.7. The summed E-state index contributed by atoms with van der Waals surface area (Å²) < 4.78 is 25.6. The number of sulfonamides is 1. The summed E-state index contributed by atoms with van der Waals surface area (Å²) in [6.07, 6.45) is 2.47. The lowest BCUT2D eigenvalue weighted by Gasteiger charge is -2.08. The molecule has 0 bridgehead atoms. The number of nitrogens with one attached hydrogen (secondary N) is 3. The van der Waals surface area contributed by atoms with Crippen LogP contribution in [0.2, 0.25) is 0 Å². The van der Waals surface area contributed by atoms with E-state index in [0.29, 0.717) is 11.6 Å². The van der Waals surface area contributed by atoms with E-state index in [1.54, 1.807) is 12.1 Å². The van der Waals surface area contributed by atoms with Gasteiger partial charge in [0.2, 0.25) is 15.9 Å². The Morgan fingerprint density at radius 2 is 2.05 bits per heavy atom. The van der Waals surface area contributed by atoms with E-state index >= 15 is 0 Å². The average molecular weight is 334 g/mol. The van der Waals surface area contributed by atoms with Crippen molar-refractivity contribution in [1.82, 2.24) is 10.0 Å². The first-order chi connectivity index (χ1) is 9.51. The fourth-order valence-electron chi connectivity index (χ4n) is 1.78. The van der Waals surface area contributed by atoms with Crippen LogP contribution >= 0.6 is 12.4 Å². The smallest absolute Gasteiger partial charge is 0.240 e. The molecule has 1 aromatic rings. The minimum absolute atomic E-state index is 0. The van der Waals surface area contributed by atoms with E-state index < -0.39 is 10.0 Å². The third-order valence-corrected chi connectivity index (χ3v) is 4.52. The number of halogens is 1. The van der Waals surface area contributed by atoms with E-state index in [2.05, 4.69) is 15.4 Å². The second kappa shape index (κ2) is 7.74. The number of rotatable bonds is 7. The largest absolute Gasteiger partial charge is 0.325 e.